The topological polar surface area (TPSA) is 79.8 Å². The van der Waals surface area contributed by atoms with E-state index in [0.717, 1.165) is 11.1 Å². The van der Waals surface area contributed by atoms with E-state index in [1.807, 2.05) is 42.5 Å². The second-order valence-electron chi connectivity index (χ2n) is 6.46. The van der Waals surface area contributed by atoms with E-state index in [-0.39, 0.29) is 0 Å². The fraction of sp³-hybridized carbons (Fsp3) is 0.0870. The van der Waals surface area contributed by atoms with Crippen molar-refractivity contribution in [3.05, 3.63) is 94.5 Å². The minimum Gasteiger partial charge on any atom is -0.489 e. The predicted molar refractivity (Wildman–Crippen MR) is 118 cm³/mol. The van der Waals surface area contributed by atoms with Crippen molar-refractivity contribution in [1.82, 2.24) is 5.43 Å². The van der Waals surface area contributed by atoms with Gasteiger partial charge in [0.15, 0.2) is 0 Å². The lowest BCUT2D eigenvalue weighted by Gasteiger charge is -2.08. The molecule has 0 aliphatic carbocycles. The SMILES string of the molecule is Cc1ccc(Cl)cc1NC(=O)C(=O)N/N=C\c1cccc(OCc2ccccc2)c1. The van der Waals surface area contributed by atoms with Crippen LogP contribution in [-0.4, -0.2) is 18.0 Å². The Kier molecular flexibility index (Phi) is 7.19. The van der Waals surface area contributed by atoms with Crippen LogP contribution < -0.4 is 15.5 Å². The van der Waals surface area contributed by atoms with E-state index in [1.54, 1.807) is 37.3 Å². The Balaban J connectivity index is 1.53. The number of hydrogen-bond donors (Lipinski definition) is 2. The van der Waals surface area contributed by atoms with E-state index in [2.05, 4.69) is 15.8 Å². The minimum absolute atomic E-state index is 0.446. The number of carbonyl (C=O) groups excluding carboxylic acids is 2. The molecule has 0 fully saturated rings. The second-order valence-corrected chi connectivity index (χ2v) is 6.90. The molecule has 0 heterocycles. The molecule has 2 amide bonds. The van der Waals surface area contributed by atoms with Gasteiger partial charge in [-0.2, -0.15) is 5.10 Å². The molecule has 30 heavy (non-hydrogen) atoms. The van der Waals surface area contributed by atoms with Crippen molar-refractivity contribution >= 4 is 35.3 Å². The summed E-state index contributed by atoms with van der Waals surface area (Å²) in [6, 6.07) is 22.1. The van der Waals surface area contributed by atoms with Crippen LogP contribution in [0.4, 0.5) is 5.69 Å². The number of amides is 2. The first kappa shape index (κ1) is 21.1. The fourth-order valence-corrected chi connectivity index (χ4v) is 2.72. The highest BCUT2D eigenvalue weighted by Gasteiger charge is 2.14. The Morgan fingerprint density at radius 1 is 1.00 bits per heavy atom. The maximum Gasteiger partial charge on any atom is 0.329 e. The summed E-state index contributed by atoms with van der Waals surface area (Å²) in [4.78, 5) is 24.0. The standard InChI is InChI=1S/C23H20ClN3O3/c1-16-10-11-19(24)13-21(16)26-22(28)23(29)27-25-14-18-8-5-9-20(12-18)30-15-17-6-3-2-4-7-17/h2-14H,15H2,1H3,(H,26,28)(H,27,29)/b25-14-. The van der Waals surface area contributed by atoms with Gasteiger partial charge in [0.05, 0.1) is 6.21 Å². The lowest BCUT2D eigenvalue weighted by atomic mass is 10.2. The molecule has 0 saturated carbocycles. The molecule has 3 rings (SSSR count). The molecule has 0 saturated heterocycles. The quantitative estimate of drug-likeness (QED) is 0.353. The van der Waals surface area contributed by atoms with Crippen LogP contribution in [0.2, 0.25) is 5.02 Å². The number of aryl methyl sites for hydroxylation is 1. The van der Waals surface area contributed by atoms with Crippen LogP contribution in [0.1, 0.15) is 16.7 Å². The van der Waals surface area contributed by atoms with Crippen molar-refractivity contribution in [1.29, 1.82) is 0 Å². The lowest BCUT2D eigenvalue weighted by molar-refractivity contribution is -0.136. The zero-order valence-corrected chi connectivity index (χ0v) is 17.0. The van der Waals surface area contributed by atoms with E-state index in [1.165, 1.54) is 6.21 Å². The highest BCUT2D eigenvalue weighted by molar-refractivity contribution is 6.40. The first-order valence-electron chi connectivity index (χ1n) is 9.18. The Labute approximate surface area is 179 Å². The molecular weight excluding hydrogens is 402 g/mol. The van der Waals surface area contributed by atoms with E-state index in [4.69, 9.17) is 16.3 Å². The maximum atomic E-state index is 12.0. The van der Waals surface area contributed by atoms with Crippen LogP contribution in [0.5, 0.6) is 5.75 Å². The van der Waals surface area contributed by atoms with Gasteiger partial charge < -0.3 is 10.1 Å². The van der Waals surface area contributed by atoms with Gasteiger partial charge in [-0.25, -0.2) is 5.43 Å². The van der Waals surface area contributed by atoms with Crippen molar-refractivity contribution < 1.29 is 14.3 Å². The number of carbonyl (C=O) groups is 2. The number of hydrazone groups is 1. The van der Waals surface area contributed by atoms with Crippen LogP contribution in [0.25, 0.3) is 0 Å². The highest BCUT2D eigenvalue weighted by Crippen LogP contribution is 2.20. The molecule has 3 aromatic carbocycles. The molecule has 0 aromatic heterocycles. The number of rotatable bonds is 6. The molecule has 0 unspecified atom stereocenters. The van der Waals surface area contributed by atoms with Gasteiger partial charge in [0.2, 0.25) is 0 Å². The number of halogens is 1. The summed E-state index contributed by atoms with van der Waals surface area (Å²) in [6.07, 6.45) is 1.44. The summed E-state index contributed by atoms with van der Waals surface area (Å²) < 4.78 is 5.76. The molecule has 0 aliphatic heterocycles. The van der Waals surface area contributed by atoms with Crippen molar-refractivity contribution in [2.75, 3.05) is 5.32 Å². The molecule has 0 radical (unpaired) electrons. The summed E-state index contributed by atoms with van der Waals surface area (Å²) in [7, 11) is 0. The van der Waals surface area contributed by atoms with Gasteiger partial charge in [0, 0.05) is 10.7 Å². The van der Waals surface area contributed by atoms with Crippen LogP contribution in [0.3, 0.4) is 0 Å². The molecule has 2 N–H and O–H groups in total. The Morgan fingerprint density at radius 3 is 2.60 bits per heavy atom. The van der Waals surface area contributed by atoms with Crippen LogP contribution in [0.15, 0.2) is 77.9 Å². The normalized spacial score (nSPS) is 10.6. The lowest BCUT2D eigenvalue weighted by Crippen LogP contribution is -2.32. The molecule has 6 nitrogen and oxygen atoms in total. The first-order valence-corrected chi connectivity index (χ1v) is 9.56. The average molecular weight is 422 g/mol. The monoisotopic (exact) mass is 421 g/mol. The van der Waals surface area contributed by atoms with Gasteiger partial charge in [-0.3, -0.25) is 9.59 Å². The van der Waals surface area contributed by atoms with Gasteiger partial charge in [0.1, 0.15) is 12.4 Å². The van der Waals surface area contributed by atoms with E-state index < -0.39 is 11.8 Å². The van der Waals surface area contributed by atoms with Gasteiger partial charge in [-0.05, 0) is 47.9 Å². The summed E-state index contributed by atoms with van der Waals surface area (Å²) in [5, 5.41) is 6.81. The number of anilines is 1. The molecule has 7 heteroatoms. The van der Waals surface area contributed by atoms with Crippen LogP contribution in [0, 0.1) is 6.92 Å². The zero-order chi connectivity index (χ0) is 21.3. The zero-order valence-electron chi connectivity index (χ0n) is 16.3. The highest BCUT2D eigenvalue weighted by atomic mass is 35.5. The second kappa shape index (κ2) is 10.2. The number of nitrogens with zero attached hydrogens (tertiary/aromatic N) is 1. The van der Waals surface area contributed by atoms with Gasteiger partial charge in [0.25, 0.3) is 0 Å². The fourth-order valence-electron chi connectivity index (χ4n) is 2.55. The Morgan fingerprint density at radius 2 is 1.80 bits per heavy atom. The molecule has 3 aromatic rings. The van der Waals surface area contributed by atoms with Crippen molar-refractivity contribution in [3.8, 4) is 5.75 Å². The van der Waals surface area contributed by atoms with Gasteiger partial charge in [-0.1, -0.05) is 60.1 Å². The summed E-state index contributed by atoms with van der Waals surface area (Å²) in [5.74, 6) is -1.05. The van der Waals surface area contributed by atoms with Crippen molar-refractivity contribution in [3.63, 3.8) is 0 Å². The molecular formula is C23H20ClN3O3. The van der Waals surface area contributed by atoms with E-state index in [9.17, 15) is 9.59 Å². The van der Waals surface area contributed by atoms with Crippen LogP contribution >= 0.6 is 11.6 Å². The summed E-state index contributed by atoms with van der Waals surface area (Å²) in [5.41, 5.74) is 5.24. The molecule has 0 atom stereocenters. The summed E-state index contributed by atoms with van der Waals surface area (Å²) >= 11 is 5.92. The molecule has 152 valence electrons. The smallest absolute Gasteiger partial charge is 0.329 e. The van der Waals surface area contributed by atoms with Crippen LogP contribution in [-0.2, 0) is 16.2 Å². The number of hydrogen-bond acceptors (Lipinski definition) is 4. The maximum absolute atomic E-state index is 12.0. The third-order valence-corrected chi connectivity index (χ3v) is 4.38. The van der Waals surface area contributed by atoms with Crippen molar-refractivity contribution in [2.24, 2.45) is 5.10 Å². The van der Waals surface area contributed by atoms with Gasteiger partial charge >= 0.3 is 11.8 Å². The minimum atomic E-state index is -0.887. The third-order valence-electron chi connectivity index (χ3n) is 4.14. The first-order chi connectivity index (χ1) is 14.5. The predicted octanol–water partition coefficient (Wildman–Crippen LogP) is 4.32. The average Bonchev–Trinajstić information content (AvgIpc) is 2.76. The largest absolute Gasteiger partial charge is 0.489 e. The number of nitrogens with one attached hydrogen (secondary N) is 2. The van der Waals surface area contributed by atoms with E-state index >= 15 is 0 Å². The third kappa shape index (κ3) is 6.18. The summed E-state index contributed by atoms with van der Waals surface area (Å²) in [6.45, 7) is 2.25. The Hall–Kier alpha value is -3.64. The molecule has 0 bridgehead atoms. The van der Waals surface area contributed by atoms with E-state index in [0.29, 0.717) is 28.6 Å². The van der Waals surface area contributed by atoms with Gasteiger partial charge in [-0.15, -0.1) is 0 Å². The van der Waals surface area contributed by atoms with Crippen molar-refractivity contribution in [2.45, 2.75) is 13.5 Å². The number of ether oxygens (including phenoxy) is 1. The number of benzene rings is 3. The Bertz CT molecular complexity index is 1070. The molecule has 0 spiro atoms. The molecule has 0 aliphatic rings.